The van der Waals surface area contributed by atoms with Gasteiger partial charge in [0.2, 0.25) is 0 Å². The molecule has 0 atom stereocenters. The molecule has 2 aromatic rings. The number of anilines is 1. The Kier molecular flexibility index (Phi) is 3.19. The van der Waals surface area contributed by atoms with Crippen molar-refractivity contribution in [2.45, 2.75) is 13.3 Å². The molecule has 1 heterocycles. The minimum Gasteiger partial charge on any atom is -0.494 e. The van der Waals surface area contributed by atoms with E-state index in [2.05, 4.69) is 16.4 Å². The van der Waals surface area contributed by atoms with Gasteiger partial charge in [0.15, 0.2) is 0 Å². The molecule has 0 bridgehead atoms. The average Bonchev–Trinajstić information content (AvgIpc) is 2.83. The largest absolute Gasteiger partial charge is 0.494 e. The lowest BCUT2D eigenvalue weighted by molar-refractivity contribution is 0.340. The Hall–Kier alpha value is -2.29. The van der Waals surface area contributed by atoms with Gasteiger partial charge < -0.3 is 10.1 Å². The molecule has 0 saturated heterocycles. The molecule has 3 nitrogen and oxygen atoms in total. The molecule has 0 unspecified atom stereocenters. The Morgan fingerprint density at radius 3 is 2.63 bits per heavy atom. The number of aliphatic imine (C=N–C) groups is 1. The fourth-order valence-electron chi connectivity index (χ4n) is 2.17. The number of rotatable bonds is 3. The van der Waals surface area contributed by atoms with Gasteiger partial charge >= 0.3 is 0 Å². The summed E-state index contributed by atoms with van der Waals surface area (Å²) in [7, 11) is 0. The summed E-state index contributed by atoms with van der Waals surface area (Å²) in [5, 5.41) is 3.35. The zero-order valence-electron chi connectivity index (χ0n) is 10.9. The summed E-state index contributed by atoms with van der Waals surface area (Å²) in [4.78, 5) is 4.58. The van der Waals surface area contributed by atoms with Crippen LogP contribution < -0.4 is 10.1 Å². The Morgan fingerprint density at radius 1 is 1.11 bits per heavy atom. The van der Waals surface area contributed by atoms with Crippen LogP contribution in [0.5, 0.6) is 5.75 Å². The Labute approximate surface area is 113 Å². The number of benzene rings is 2. The van der Waals surface area contributed by atoms with Gasteiger partial charge in [0.05, 0.1) is 12.3 Å². The maximum Gasteiger partial charge on any atom is 0.119 e. The van der Waals surface area contributed by atoms with Crippen LogP contribution in [-0.4, -0.2) is 12.4 Å². The summed E-state index contributed by atoms with van der Waals surface area (Å²) in [6, 6.07) is 16.2. The zero-order chi connectivity index (χ0) is 13.1. The molecule has 0 amide bonds. The highest BCUT2D eigenvalue weighted by Crippen LogP contribution is 2.26. The van der Waals surface area contributed by atoms with E-state index in [4.69, 9.17) is 4.74 Å². The normalized spacial score (nSPS) is 12.8. The van der Waals surface area contributed by atoms with Crippen molar-refractivity contribution in [3.63, 3.8) is 0 Å². The highest BCUT2D eigenvalue weighted by molar-refractivity contribution is 6.01. The third-order valence-electron chi connectivity index (χ3n) is 3.06. The Balaban J connectivity index is 1.70. The van der Waals surface area contributed by atoms with Gasteiger partial charge in [0, 0.05) is 12.1 Å². The van der Waals surface area contributed by atoms with Crippen LogP contribution in [-0.2, 0) is 6.42 Å². The van der Waals surface area contributed by atoms with E-state index in [-0.39, 0.29) is 0 Å². The van der Waals surface area contributed by atoms with Crippen LogP contribution in [0.25, 0.3) is 0 Å². The minimum atomic E-state index is 0.689. The van der Waals surface area contributed by atoms with Crippen LogP contribution in [0.15, 0.2) is 53.5 Å². The van der Waals surface area contributed by atoms with Crippen molar-refractivity contribution in [1.82, 2.24) is 0 Å². The van der Waals surface area contributed by atoms with Crippen molar-refractivity contribution in [2.75, 3.05) is 11.9 Å². The second-order valence-electron chi connectivity index (χ2n) is 4.45. The molecule has 1 aliphatic rings. The number of fused-ring (bicyclic) bond motifs is 1. The molecule has 0 spiro atoms. The van der Waals surface area contributed by atoms with E-state index in [1.54, 1.807) is 0 Å². The molecule has 0 radical (unpaired) electrons. The smallest absolute Gasteiger partial charge is 0.119 e. The molecule has 3 heteroatoms. The van der Waals surface area contributed by atoms with Crippen molar-refractivity contribution in [3.8, 4) is 5.75 Å². The van der Waals surface area contributed by atoms with E-state index >= 15 is 0 Å². The van der Waals surface area contributed by atoms with Gasteiger partial charge in [-0.15, -0.1) is 0 Å². The lowest BCUT2D eigenvalue weighted by atomic mass is 10.1. The highest BCUT2D eigenvalue weighted by Gasteiger charge is 2.13. The van der Waals surface area contributed by atoms with Gasteiger partial charge in [-0.3, -0.25) is 0 Å². The summed E-state index contributed by atoms with van der Waals surface area (Å²) in [6.45, 7) is 2.67. The predicted octanol–water partition coefficient (Wildman–Crippen LogP) is 3.78. The number of nitrogens with zero attached hydrogens (tertiary/aromatic N) is 1. The first-order valence-corrected chi connectivity index (χ1v) is 6.50. The number of amidine groups is 1. The van der Waals surface area contributed by atoms with Gasteiger partial charge in [-0.2, -0.15) is 0 Å². The monoisotopic (exact) mass is 252 g/mol. The number of nitrogens with one attached hydrogen (secondary N) is 1. The van der Waals surface area contributed by atoms with Crippen LogP contribution >= 0.6 is 0 Å². The molecule has 2 aromatic carbocycles. The first-order valence-electron chi connectivity index (χ1n) is 6.50. The predicted molar refractivity (Wildman–Crippen MR) is 78.5 cm³/mol. The van der Waals surface area contributed by atoms with Gasteiger partial charge in [0.25, 0.3) is 0 Å². The number of ether oxygens (including phenoxy) is 1. The summed E-state index contributed by atoms with van der Waals surface area (Å²) in [6.07, 6.45) is 0.864. The summed E-state index contributed by atoms with van der Waals surface area (Å²) >= 11 is 0. The van der Waals surface area contributed by atoms with E-state index in [1.807, 2.05) is 49.4 Å². The summed E-state index contributed by atoms with van der Waals surface area (Å²) in [5.74, 6) is 1.88. The lowest BCUT2D eigenvalue weighted by Crippen LogP contribution is -2.11. The van der Waals surface area contributed by atoms with Crippen LogP contribution in [0.2, 0.25) is 0 Å². The van der Waals surface area contributed by atoms with Crippen molar-refractivity contribution in [1.29, 1.82) is 0 Å². The molecule has 0 saturated carbocycles. The van der Waals surface area contributed by atoms with E-state index in [1.165, 1.54) is 5.56 Å². The topological polar surface area (TPSA) is 33.6 Å². The molecule has 96 valence electrons. The van der Waals surface area contributed by atoms with E-state index < -0.39 is 0 Å². The molecule has 1 N–H and O–H groups in total. The van der Waals surface area contributed by atoms with Crippen LogP contribution in [0.3, 0.4) is 0 Å². The first kappa shape index (κ1) is 11.8. The standard InChI is InChI=1S/C16H16N2O/c1-2-19-14-9-7-13(8-10-14)17-16-11-12-5-3-4-6-15(12)18-16/h3-10H,2,11H2,1H3,(H,17,18). The van der Waals surface area contributed by atoms with Crippen molar-refractivity contribution in [3.05, 3.63) is 54.1 Å². The van der Waals surface area contributed by atoms with Crippen LogP contribution in [0.1, 0.15) is 12.5 Å². The molecule has 0 aliphatic carbocycles. The van der Waals surface area contributed by atoms with E-state index in [0.717, 1.165) is 29.4 Å². The van der Waals surface area contributed by atoms with Crippen LogP contribution in [0.4, 0.5) is 11.4 Å². The molecular weight excluding hydrogens is 236 g/mol. The second kappa shape index (κ2) is 5.14. The second-order valence-corrected chi connectivity index (χ2v) is 4.45. The van der Waals surface area contributed by atoms with E-state index in [0.29, 0.717) is 6.61 Å². The lowest BCUT2D eigenvalue weighted by Gasteiger charge is -2.07. The van der Waals surface area contributed by atoms with Gasteiger partial charge in [0.1, 0.15) is 11.6 Å². The quantitative estimate of drug-likeness (QED) is 0.901. The Bertz CT molecular complexity index is 602. The van der Waals surface area contributed by atoms with Crippen molar-refractivity contribution in [2.24, 2.45) is 4.99 Å². The fraction of sp³-hybridized carbons (Fsp3) is 0.188. The molecular formula is C16H16N2O. The number of hydrogen-bond acceptors (Lipinski definition) is 3. The third kappa shape index (κ3) is 2.60. The maximum absolute atomic E-state index is 5.42. The van der Waals surface area contributed by atoms with Gasteiger partial charge in [-0.05, 0) is 42.8 Å². The number of hydrogen-bond donors (Lipinski definition) is 1. The van der Waals surface area contributed by atoms with Gasteiger partial charge in [-0.1, -0.05) is 18.2 Å². The van der Waals surface area contributed by atoms with Crippen molar-refractivity contribution >= 4 is 17.2 Å². The SMILES string of the molecule is CCOc1ccc(NC2=Nc3ccccc3C2)cc1. The molecule has 3 rings (SSSR count). The average molecular weight is 252 g/mol. The molecule has 19 heavy (non-hydrogen) atoms. The van der Waals surface area contributed by atoms with Crippen LogP contribution in [0, 0.1) is 0 Å². The summed E-state index contributed by atoms with van der Waals surface area (Å²) < 4.78 is 5.42. The number of para-hydroxylation sites is 1. The third-order valence-corrected chi connectivity index (χ3v) is 3.06. The molecule has 0 aromatic heterocycles. The highest BCUT2D eigenvalue weighted by atomic mass is 16.5. The summed E-state index contributed by atoms with van der Waals surface area (Å²) in [5.41, 5.74) is 3.38. The van der Waals surface area contributed by atoms with Gasteiger partial charge in [-0.25, -0.2) is 4.99 Å². The molecule has 0 fully saturated rings. The van der Waals surface area contributed by atoms with Crippen molar-refractivity contribution < 1.29 is 4.74 Å². The fourth-order valence-corrected chi connectivity index (χ4v) is 2.17. The first-order chi connectivity index (χ1) is 9.35. The Morgan fingerprint density at radius 2 is 1.89 bits per heavy atom. The maximum atomic E-state index is 5.42. The zero-order valence-corrected chi connectivity index (χ0v) is 10.9. The molecule has 1 aliphatic heterocycles. The minimum absolute atomic E-state index is 0.689. The van der Waals surface area contributed by atoms with E-state index in [9.17, 15) is 0 Å².